The summed E-state index contributed by atoms with van der Waals surface area (Å²) in [6, 6.07) is 1.64. The van der Waals surface area contributed by atoms with E-state index in [1.165, 1.54) is 10.9 Å². The zero-order chi connectivity index (χ0) is 10.6. The average molecular weight is 207 g/mol. The lowest BCUT2D eigenvalue weighted by Gasteiger charge is -2.07. The lowest BCUT2D eigenvalue weighted by Crippen LogP contribution is -2.38. The summed E-state index contributed by atoms with van der Waals surface area (Å²) >= 11 is 0. The van der Waals surface area contributed by atoms with Crippen LogP contribution in [0.2, 0.25) is 0 Å². The number of carbonyl (C=O) groups is 1. The van der Waals surface area contributed by atoms with Crippen LogP contribution in [-0.4, -0.2) is 28.4 Å². The molecule has 0 fully saturated rings. The van der Waals surface area contributed by atoms with Crippen molar-refractivity contribution in [2.75, 3.05) is 6.54 Å². The van der Waals surface area contributed by atoms with Crippen LogP contribution in [0.3, 0.4) is 0 Å². The average Bonchev–Trinajstić information content (AvgIpc) is 2.55. The predicted molar refractivity (Wildman–Crippen MR) is 41.3 cm³/mol. The Hall–Kier alpha value is -1.53. The summed E-state index contributed by atoms with van der Waals surface area (Å²) in [6.45, 7) is 0.120. The number of halogens is 3. The van der Waals surface area contributed by atoms with Crippen LogP contribution in [0, 0.1) is 0 Å². The van der Waals surface area contributed by atoms with Crippen molar-refractivity contribution in [1.82, 2.24) is 15.1 Å². The van der Waals surface area contributed by atoms with Crippen LogP contribution in [-0.2, 0) is 11.3 Å². The standard InChI is InChI=1S/C7H8F3N3O/c8-7(9,10)6(14)11-3-5-13-4-1-2-12-13/h1-2,4H,3,5H2,(H,11,14). The van der Waals surface area contributed by atoms with Crippen LogP contribution < -0.4 is 5.32 Å². The van der Waals surface area contributed by atoms with E-state index in [4.69, 9.17) is 0 Å². The molecule has 1 aromatic heterocycles. The number of rotatable bonds is 3. The van der Waals surface area contributed by atoms with Crippen LogP contribution in [0.1, 0.15) is 0 Å². The molecule has 0 aliphatic heterocycles. The third-order valence-corrected chi connectivity index (χ3v) is 1.44. The maximum absolute atomic E-state index is 11.7. The quantitative estimate of drug-likeness (QED) is 0.787. The molecule has 0 aromatic carbocycles. The summed E-state index contributed by atoms with van der Waals surface area (Å²) in [7, 11) is 0. The van der Waals surface area contributed by atoms with Gasteiger partial charge in [0, 0.05) is 18.9 Å². The van der Waals surface area contributed by atoms with Gasteiger partial charge in [0.1, 0.15) is 0 Å². The van der Waals surface area contributed by atoms with E-state index in [1.807, 2.05) is 0 Å². The Balaban J connectivity index is 2.26. The van der Waals surface area contributed by atoms with E-state index in [0.29, 0.717) is 0 Å². The molecule has 1 rings (SSSR count). The Morgan fingerprint density at radius 2 is 2.21 bits per heavy atom. The minimum Gasteiger partial charge on any atom is -0.346 e. The molecule has 0 saturated heterocycles. The number of hydrogen-bond acceptors (Lipinski definition) is 2. The Morgan fingerprint density at radius 3 is 2.71 bits per heavy atom. The van der Waals surface area contributed by atoms with Gasteiger partial charge in [-0.05, 0) is 6.07 Å². The van der Waals surface area contributed by atoms with Gasteiger partial charge in [-0.3, -0.25) is 9.48 Å². The van der Waals surface area contributed by atoms with Crippen LogP contribution in [0.25, 0.3) is 0 Å². The Bertz CT molecular complexity index is 294. The number of hydrogen-bond donors (Lipinski definition) is 1. The molecule has 0 aliphatic carbocycles. The largest absolute Gasteiger partial charge is 0.471 e. The molecule has 0 saturated carbocycles. The molecule has 7 heteroatoms. The summed E-state index contributed by atoms with van der Waals surface area (Å²) < 4.78 is 36.5. The maximum atomic E-state index is 11.7. The Labute approximate surface area is 77.7 Å². The molecule has 0 atom stereocenters. The van der Waals surface area contributed by atoms with Crippen molar-refractivity contribution in [2.45, 2.75) is 12.7 Å². The first-order chi connectivity index (χ1) is 6.50. The first kappa shape index (κ1) is 10.6. The van der Waals surface area contributed by atoms with Gasteiger partial charge in [-0.25, -0.2) is 0 Å². The second kappa shape index (κ2) is 4.12. The smallest absolute Gasteiger partial charge is 0.346 e. The van der Waals surface area contributed by atoms with E-state index >= 15 is 0 Å². The van der Waals surface area contributed by atoms with Crippen LogP contribution >= 0.6 is 0 Å². The maximum Gasteiger partial charge on any atom is 0.471 e. The van der Waals surface area contributed by atoms with Gasteiger partial charge >= 0.3 is 12.1 Å². The second-order valence-corrected chi connectivity index (χ2v) is 2.52. The molecule has 0 spiro atoms. The highest BCUT2D eigenvalue weighted by molar-refractivity contribution is 5.81. The number of carbonyl (C=O) groups excluding carboxylic acids is 1. The molecule has 14 heavy (non-hydrogen) atoms. The van der Waals surface area contributed by atoms with Gasteiger partial charge in [0.25, 0.3) is 0 Å². The van der Waals surface area contributed by atoms with E-state index < -0.39 is 12.1 Å². The zero-order valence-electron chi connectivity index (χ0n) is 7.08. The molecule has 0 bridgehead atoms. The molecule has 0 aliphatic rings. The first-order valence-electron chi connectivity index (χ1n) is 3.82. The number of alkyl halides is 3. The summed E-state index contributed by atoms with van der Waals surface area (Å²) in [6.07, 6.45) is -1.71. The monoisotopic (exact) mass is 207 g/mol. The molecule has 1 aromatic rings. The third kappa shape index (κ3) is 3.08. The van der Waals surface area contributed by atoms with E-state index in [9.17, 15) is 18.0 Å². The fraction of sp³-hybridized carbons (Fsp3) is 0.429. The van der Waals surface area contributed by atoms with E-state index in [2.05, 4.69) is 5.10 Å². The molecule has 1 N–H and O–H groups in total. The van der Waals surface area contributed by atoms with Crippen molar-refractivity contribution >= 4 is 5.91 Å². The van der Waals surface area contributed by atoms with Crippen molar-refractivity contribution in [3.63, 3.8) is 0 Å². The highest BCUT2D eigenvalue weighted by Crippen LogP contribution is 2.13. The van der Waals surface area contributed by atoms with Crippen LogP contribution in [0.4, 0.5) is 13.2 Å². The van der Waals surface area contributed by atoms with Crippen molar-refractivity contribution in [3.05, 3.63) is 18.5 Å². The summed E-state index contributed by atoms with van der Waals surface area (Å²) in [5.74, 6) is -1.93. The topological polar surface area (TPSA) is 46.9 Å². The predicted octanol–water partition coefficient (Wildman–Crippen LogP) is 0.562. The van der Waals surface area contributed by atoms with Crippen molar-refractivity contribution in [3.8, 4) is 0 Å². The number of aromatic nitrogens is 2. The number of nitrogens with zero attached hydrogens (tertiary/aromatic N) is 2. The zero-order valence-corrected chi connectivity index (χ0v) is 7.08. The Kier molecular flexibility index (Phi) is 3.10. The first-order valence-corrected chi connectivity index (χ1v) is 3.82. The number of amides is 1. The SMILES string of the molecule is O=C(NCCn1cccn1)C(F)(F)F. The van der Waals surface area contributed by atoms with Crippen molar-refractivity contribution in [2.24, 2.45) is 0 Å². The van der Waals surface area contributed by atoms with Gasteiger partial charge in [-0.15, -0.1) is 0 Å². The van der Waals surface area contributed by atoms with Gasteiger partial charge in [0.2, 0.25) is 0 Å². The van der Waals surface area contributed by atoms with Crippen molar-refractivity contribution < 1.29 is 18.0 Å². The Morgan fingerprint density at radius 1 is 1.50 bits per heavy atom. The van der Waals surface area contributed by atoms with Gasteiger partial charge in [0.05, 0.1) is 6.54 Å². The molecule has 1 heterocycles. The molecule has 0 unspecified atom stereocenters. The molecule has 4 nitrogen and oxygen atoms in total. The highest BCUT2D eigenvalue weighted by atomic mass is 19.4. The van der Waals surface area contributed by atoms with Gasteiger partial charge in [-0.1, -0.05) is 0 Å². The van der Waals surface area contributed by atoms with E-state index in [-0.39, 0.29) is 13.1 Å². The van der Waals surface area contributed by atoms with Gasteiger partial charge in [0.15, 0.2) is 0 Å². The van der Waals surface area contributed by atoms with Crippen LogP contribution in [0.15, 0.2) is 18.5 Å². The highest BCUT2D eigenvalue weighted by Gasteiger charge is 2.38. The fourth-order valence-corrected chi connectivity index (χ4v) is 0.817. The van der Waals surface area contributed by atoms with Crippen LogP contribution in [0.5, 0.6) is 0 Å². The summed E-state index contributed by atoms with van der Waals surface area (Å²) in [5.41, 5.74) is 0. The lowest BCUT2D eigenvalue weighted by molar-refractivity contribution is -0.173. The summed E-state index contributed by atoms with van der Waals surface area (Å²) in [5, 5.41) is 5.50. The molecular formula is C7H8F3N3O. The second-order valence-electron chi connectivity index (χ2n) is 2.52. The van der Waals surface area contributed by atoms with E-state index in [1.54, 1.807) is 17.6 Å². The van der Waals surface area contributed by atoms with Gasteiger partial charge in [-0.2, -0.15) is 18.3 Å². The fourth-order valence-electron chi connectivity index (χ4n) is 0.817. The normalized spacial score (nSPS) is 11.4. The number of nitrogens with one attached hydrogen (secondary N) is 1. The molecule has 0 radical (unpaired) electrons. The molecule has 78 valence electrons. The minimum atomic E-state index is -4.82. The lowest BCUT2D eigenvalue weighted by atomic mass is 10.5. The summed E-state index contributed by atoms with van der Waals surface area (Å²) in [4.78, 5) is 10.3. The minimum absolute atomic E-state index is 0.0972. The molecule has 1 amide bonds. The molecular weight excluding hydrogens is 199 g/mol. The van der Waals surface area contributed by atoms with Gasteiger partial charge < -0.3 is 5.32 Å². The van der Waals surface area contributed by atoms with E-state index in [0.717, 1.165) is 0 Å². The third-order valence-electron chi connectivity index (χ3n) is 1.44. The van der Waals surface area contributed by atoms with Crippen molar-refractivity contribution in [1.29, 1.82) is 0 Å².